The average Bonchev–Trinajstić information content (AvgIpc) is 2.87. The molecule has 0 bridgehead atoms. The van der Waals surface area contributed by atoms with Gasteiger partial charge in [0.15, 0.2) is 6.10 Å². The number of hydrogen-bond donors (Lipinski definition) is 1. The first kappa shape index (κ1) is 15.2. The van der Waals surface area contributed by atoms with Gasteiger partial charge >= 0.3 is 5.97 Å². The van der Waals surface area contributed by atoms with Gasteiger partial charge in [-0.3, -0.25) is 0 Å². The van der Waals surface area contributed by atoms with Crippen molar-refractivity contribution in [3.8, 4) is 17.6 Å². The summed E-state index contributed by atoms with van der Waals surface area (Å²) in [4.78, 5) is 10.9. The number of fused-ring (bicyclic) bond motifs is 1. The van der Waals surface area contributed by atoms with Crippen molar-refractivity contribution in [2.45, 2.75) is 39.2 Å². The van der Waals surface area contributed by atoms with Gasteiger partial charge in [0.1, 0.15) is 11.5 Å². The second-order valence-electron chi connectivity index (χ2n) is 5.87. The van der Waals surface area contributed by atoms with Gasteiger partial charge in [-0.2, -0.15) is 5.26 Å². The van der Waals surface area contributed by atoms with E-state index in [-0.39, 0.29) is 5.41 Å². The van der Waals surface area contributed by atoms with Gasteiger partial charge in [-0.05, 0) is 38.3 Å². The highest BCUT2D eigenvalue weighted by atomic mass is 16.5. The fourth-order valence-electron chi connectivity index (χ4n) is 2.20. The standard InChI is InChI=1S/C16H19NO4/c1-16(2,10-17)6-3-7-20-12-5-4-11-8-14(15(18)19)21-13(11)9-12/h4-5,9,14H,3,6-8H2,1-2H3,(H,18,19). The van der Waals surface area contributed by atoms with E-state index in [0.717, 1.165) is 18.4 Å². The number of rotatable bonds is 6. The van der Waals surface area contributed by atoms with Gasteiger partial charge in [0.25, 0.3) is 0 Å². The molecule has 0 aromatic heterocycles. The summed E-state index contributed by atoms with van der Waals surface area (Å²) in [6.45, 7) is 4.33. The van der Waals surface area contributed by atoms with Crippen molar-refractivity contribution in [2.24, 2.45) is 5.41 Å². The fraction of sp³-hybridized carbons (Fsp3) is 0.500. The molecular weight excluding hydrogens is 270 g/mol. The summed E-state index contributed by atoms with van der Waals surface area (Å²) in [5.74, 6) is 0.291. The average molecular weight is 289 g/mol. The third kappa shape index (κ3) is 3.88. The molecule has 112 valence electrons. The number of carbonyl (C=O) groups is 1. The lowest BCUT2D eigenvalue weighted by molar-refractivity contribution is -0.144. The second kappa shape index (κ2) is 6.04. The van der Waals surface area contributed by atoms with Crippen LogP contribution in [0, 0.1) is 16.7 Å². The summed E-state index contributed by atoms with van der Waals surface area (Å²) in [6, 6.07) is 7.65. The zero-order valence-electron chi connectivity index (χ0n) is 12.3. The Morgan fingerprint density at radius 3 is 3.00 bits per heavy atom. The Bertz CT molecular complexity index is 574. The Labute approximate surface area is 124 Å². The van der Waals surface area contributed by atoms with Crippen molar-refractivity contribution in [2.75, 3.05) is 6.61 Å². The van der Waals surface area contributed by atoms with Gasteiger partial charge in [-0.15, -0.1) is 0 Å². The van der Waals surface area contributed by atoms with E-state index in [1.54, 1.807) is 6.07 Å². The van der Waals surface area contributed by atoms with E-state index < -0.39 is 12.1 Å². The third-order valence-electron chi connectivity index (χ3n) is 3.51. The molecule has 1 unspecified atom stereocenters. The summed E-state index contributed by atoms with van der Waals surface area (Å²) in [6.07, 6.45) is 1.15. The molecule has 1 aliphatic rings. The van der Waals surface area contributed by atoms with E-state index >= 15 is 0 Å². The van der Waals surface area contributed by atoms with Crippen molar-refractivity contribution < 1.29 is 19.4 Å². The lowest BCUT2D eigenvalue weighted by Crippen LogP contribution is -2.24. The van der Waals surface area contributed by atoms with Crippen LogP contribution < -0.4 is 9.47 Å². The van der Waals surface area contributed by atoms with E-state index in [1.165, 1.54) is 0 Å². The molecule has 5 nitrogen and oxygen atoms in total. The summed E-state index contributed by atoms with van der Waals surface area (Å²) in [5.41, 5.74) is 0.555. The van der Waals surface area contributed by atoms with Gasteiger partial charge in [-0.1, -0.05) is 6.07 Å². The molecular formula is C16H19NO4. The minimum absolute atomic E-state index is 0.334. The predicted octanol–water partition coefficient (Wildman–Crippen LogP) is 2.78. The van der Waals surface area contributed by atoms with Gasteiger partial charge in [0.2, 0.25) is 0 Å². The molecule has 1 aliphatic heterocycles. The van der Waals surface area contributed by atoms with Crippen molar-refractivity contribution in [1.29, 1.82) is 5.26 Å². The highest BCUT2D eigenvalue weighted by Gasteiger charge is 2.28. The largest absolute Gasteiger partial charge is 0.493 e. The normalized spacial score (nSPS) is 16.7. The van der Waals surface area contributed by atoms with Crippen LogP contribution in [0.5, 0.6) is 11.5 Å². The zero-order chi connectivity index (χ0) is 15.5. The van der Waals surface area contributed by atoms with Crippen LogP contribution in [0.1, 0.15) is 32.3 Å². The molecule has 2 rings (SSSR count). The SMILES string of the molecule is CC(C)(C#N)CCCOc1ccc2c(c1)OC(C(=O)O)C2. The van der Waals surface area contributed by atoms with Crippen LogP contribution in [-0.4, -0.2) is 23.8 Å². The maximum absolute atomic E-state index is 10.9. The molecule has 0 saturated heterocycles. The second-order valence-corrected chi connectivity index (χ2v) is 5.87. The minimum Gasteiger partial charge on any atom is -0.493 e. The Morgan fingerprint density at radius 2 is 2.33 bits per heavy atom. The molecule has 1 aromatic rings. The summed E-state index contributed by atoms with van der Waals surface area (Å²) >= 11 is 0. The molecule has 0 spiro atoms. The number of carboxylic acid groups (broad SMARTS) is 1. The maximum atomic E-state index is 10.9. The van der Waals surface area contributed by atoms with Crippen molar-refractivity contribution >= 4 is 5.97 Å². The van der Waals surface area contributed by atoms with Crippen LogP contribution in [0.25, 0.3) is 0 Å². The molecule has 1 atom stereocenters. The van der Waals surface area contributed by atoms with Crippen LogP contribution >= 0.6 is 0 Å². The number of aliphatic carboxylic acids is 1. The highest BCUT2D eigenvalue weighted by molar-refractivity contribution is 5.74. The van der Waals surface area contributed by atoms with Crippen LogP contribution in [0.2, 0.25) is 0 Å². The first-order valence-corrected chi connectivity index (χ1v) is 6.98. The minimum atomic E-state index is -0.951. The Hall–Kier alpha value is -2.22. The topological polar surface area (TPSA) is 79.5 Å². The Kier molecular flexibility index (Phi) is 4.37. The lowest BCUT2D eigenvalue weighted by Gasteiger charge is -2.15. The van der Waals surface area contributed by atoms with Crippen LogP contribution in [0.15, 0.2) is 18.2 Å². The van der Waals surface area contributed by atoms with Crippen molar-refractivity contribution in [3.63, 3.8) is 0 Å². The Balaban J connectivity index is 1.86. The van der Waals surface area contributed by atoms with E-state index in [2.05, 4.69) is 6.07 Å². The third-order valence-corrected chi connectivity index (χ3v) is 3.51. The van der Waals surface area contributed by atoms with Crippen LogP contribution in [0.3, 0.4) is 0 Å². The Morgan fingerprint density at radius 1 is 1.57 bits per heavy atom. The highest BCUT2D eigenvalue weighted by Crippen LogP contribution is 2.32. The quantitative estimate of drug-likeness (QED) is 0.814. The molecule has 5 heteroatoms. The first-order chi connectivity index (χ1) is 9.91. The summed E-state index contributed by atoms with van der Waals surface area (Å²) < 4.78 is 11.0. The molecule has 21 heavy (non-hydrogen) atoms. The smallest absolute Gasteiger partial charge is 0.345 e. The molecule has 0 radical (unpaired) electrons. The number of nitrogens with zero attached hydrogens (tertiary/aromatic N) is 1. The molecule has 0 aliphatic carbocycles. The monoisotopic (exact) mass is 289 g/mol. The molecule has 0 amide bonds. The van der Waals surface area contributed by atoms with Crippen LogP contribution in [0.4, 0.5) is 0 Å². The van der Waals surface area contributed by atoms with E-state index in [0.29, 0.717) is 24.5 Å². The summed E-state index contributed by atoms with van der Waals surface area (Å²) in [5, 5.41) is 17.9. The zero-order valence-corrected chi connectivity index (χ0v) is 12.3. The fourth-order valence-corrected chi connectivity index (χ4v) is 2.20. The molecule has 0 saturated carbocycles. The molecule has 1 aromatic carbocycles. The predicted molar refractivity (Wildman–Crippen MR) is 76.3 cm³/mol. The molecule has 1 N–H and O–H groups in total. The van der Waals surface area contributed by atoms with Gasteiger partial charge in [0.05, 0.1) is 18.1 Å². The molecule has 1 heterocycles. The number of ether oxygens (including phenoxy) is 2. The van der Waals surface area contributed by atoms with E-state index in [1.807, 2.05) is 26.0 Å². The molecule has 0 fully saturated rings. The number of benzene rings is 1. The number of nitriles is 1. The first-order valence-electron chi connectivity index (χ1n) is 6.98. The lowest BCUT2D eigenvalue weighted by atomic mass is 9.90. The van der Waals surface area contributed by atoms with E-state index in [9.17, 15) is 4.79 Å². The van der Waals surface area contributed by atoms with E-state index in [4.69, 9.17) is 19.8 Å². The number of carboxylic acids is 1. The van der Waals surface area contributed by atoms with Crippen molar-refractivity contribution in [1.82, 2.24) is 0 Å². The van der Waals surface area contributed by atoms with Gasteiger partial charge in [-0.25, -0.2) is 4.79 Å². The van der Waals surface area contributed by atoms with Crippen LogP contribution in [-0.2, 0) is 11.2 Å². The summed E-state index contributed by atoms with van der Waals surface area (Å²) in [7, 11) is 0. The van der Waals surface area contributed by atoms with Crippen molar-refractivity contribution in [3.05, 3.63) is 23.8 Å². The van der Waals surface area contributed by atoms with Gasteiger partial charge in [0, 0.05) is 12.5 Å². The van der Waals surface area contributed by atoms with Gasteiger partial charge < -0.3 is 14.6 Å². The number of hydrogen-bond acceptors (Lipinski definition) is 4. The maximum Gasteiger partial charge on any atom is 0.345 e.